The number of guanidine groups is 2. The molecule has 13 heteroatoms. The van der Waals surface area contributed by atoms with Gasteiger partial charge in [-0.05, 0) is 37.0 Å². The van der Waals surface area contributed by atoms with Crippen LogP contribution < -0.4 is 31.3 Å². The summed E-state index contributed by atoms with van der Waals surface area (Å²) in [5, 5.41) is 43.8. The molecule has 8 N–H and O–H groups in total. The Kier molecular flexibility index (Phi) is 6.29. The third kappa shape index (κ3) is 4.31. The minimum Gasteiger partial charge on any atom is -0.492 e. The van der Waals surface area contributed by atoms with Gasteiger partial charge in [0.1, 0.15) is 17.5 Å². The predicted octanol–water partition coefficient (Wildman–Crippen LogP) is -0.246. The van der Waals surface area contributed by atoms with Gasteiger partial charge in [-0.25, -0.2) is 4.98 Å². The Labute approximate surface area is 237 Å². The first-order valence-corrected chi connectivity index (χ1v) is 13.7. The van der Waals surface area contributed by atoms with Crippen LogP contribution in [0.25, 0.3) is 0 Å². The Balaban J connectivity index is 1.22. The van der Waals surface area contributed by atoms with Crippen LogP contribution in [-0.4, -0.2) is 88.3 Å². The van der Waals surface area contributed by atoms with E-state index in [0.717, 1.165) is 12.0 Å². The van der Waals surface area contributed by atoms with E-state index in [1.54, 1.807) is 36.1 Å². The Bertz CT molecular complexity index is 1450. The van der Waals surface area contributed by atoms with Gasteiger partial charge >= 0.3 is 0 Å². The molecule has 4 aliphatic rings. The second-order valence-corrected chi connectivity index (χ2v) is 11.7. The number of hydrogen-bond acceptors (Lipinski definition) is 7. The quantitative estimate of drug-likeness (QED) is 0.244. The van der Waals surface area contributed by atoms with Crippen molar-refractivity contribution in [3.8, 4) is 5.75 Å². The molecule has 5 atom stereocenters. The van der Waals surface area contributed by atoms with Crippen LogP contribution in [0.4, 0.5) is 0 Å². The zero-order valence-corrected chi connectivity index (χ0v) is 23.2. The summed E-state index contributed by atoms with van der Waals surface area (Å²) in [5.41, 5.74) is 0.925. The van der Waals surface area contributed by atoms with E-state index in [9.17, 15) is 14.7 Å². The van der Waals surface area contributed by atoms with Gasteiger partial charge in [0.2, 0.25) is 0 Å². The summed E-state index contributed by atoms with van der Waals surface area (Å²) >= 11 is 0. The lowest BCUT2D eigenvalue weighted by Gasteiger charge is -2.49. The molecule has 1 spiro atoms. The van der Waals surface area contributed by atoms with Gasteiger partial charge in [-0.15, -0.1) is 0 Å². The maximum atomic E-state index is 13.5. The van der Waals surface area contributed by atoms with Crippen LogP contribution in [0.3, 0.4) is 0 Å². The molecule has 2 amide bonds. The summed E-state index contributed by atoms with van der Waals surface area (Å²) in [6, 6.07) is 8.77. The van der Waals surface area contributed by atoms with Gasteiger partial charge in [0.15, 0.2) is 17.6 Å². The number of aliphatic hydroxyl groups excluding tert-OH is 1. The first-order chi connectivity index (χ1) is 19.5. The van der Waals surface area contributed by atoms with Crippen LogP contribution in [0.5, 0.6) is 5.75 Å². The van der Waals surface area contributed by atoms with Crippen molar-refractivity contribution < 1.29 is 19.4 Å². The van der Waals surface area contributed by atoms with Gasteiger partial charge in [-0.1, -0.05) is 32.0 Å². The van der Waals surface area contributed by atoms with Gasteiger partial charge in [-0.3, -0.25) is 20.4 Å². The second-order valence-electron chi connectivity index (χ2n) is 11.7. The molecule has 41 heavy (non-hydrogen) atoms. The number of ether oxygens (including phenoxy) is 1. The monoisotopic (exact) mass is 561 g/mol. The molecule has 0 saturated carbocycles. The summed E-state index contributed by atoms with van der Waals surface area (Å²) < 4.78 is 5.93. The zero-order chi connectivity index (χ0) is 29.1. The number of nitrogens with one attached hydrogen (secondary N) is 7. The number of amides is 2. The number of carbonyl (C=O) groups is 2. The number of aliphatic hydroxyl groups is 1. The Hall–Kier alpha value is -4.39. The van der Waals surface area contributed by atoms with Gasteiger partial charge < -0.3 is 41.3 Å². The van der Waals surface area contributed by atoms with Gasteiger partial charge in [0.05, 0.1) is 30.3 Å². The molecule has 0 radical (unpaired) electrons. The maximum Gasteiger partial charge on any atom is 0.269 e. The molecule has 1 aromatic heterocycles. The van der Waals surface area contributed by atoms with Crippen LogP contribution in [0, 0.1) is 17.7 Å². The Morgan fingerprint density at radius 1 is 1.17 bits per heavy atom. The SMILES string of the molecule is Cc1cccc(C(=O)NC[C@@H]2NC(=N)N3CC(NC(=O)c4cccc5c4OCCC5(C)C)[C@@H](O)C34NC(=N)N[C@@H]24)n1. The van der Waals surface area contributed by atoms with Crippen molar-refractivity contribution >= 4 is 23.7 Å². The average molecular weight is 562 g/mol. The highest BCUT2D eigenvalue weighted by Crippen LogP contribution is 2.41. The largest absolute Gasteiger partial charge is 0.492 e. The zero-order valence-electron chi connectivity index (χ0n) is 23.2. The van der Waals surface area contributed by atoms with E-state index in [4.69, 9.17) is 15.6 Å². The molecule has 6 rings (SSSR count). The van der Waals surface area contributed by atoms with Gasteiger partial charge in [0.25, 0.3) is 11.8 Å². The summed E-state index contributed by atoms with van der Waals surface area (Å²) in [4.78, 5) is 32.2. The lowest BCUT2D eigenvalue weighted by atomic mass is 9.79. The van der Waals surface area contributed by atoms with Gasteiger partial charge in [-0.2, -0.15) is 0 Å². The van der Waals surface area contributed by atoms with Crippen LogP contribution in [0.15, 0.2) is 36.4 Å². The van der Waals surface area contributed by atoms with Crippen LogP contribution in [0.1, 0.15) is 52.4 Å². The van der Waals surface area contributed by atoms with Crippen molar-refractivity contribution in [3.63, 3.8) is 0 Å². The second kappa shape index (κ2) is 9.61. The van der Waals surface area contributed by atoms with Crippen LogP contribution >= 0.6 is 0 Å². The summed E-state index contributed by atoms with van der Waals surface area (Å²) in [6.07, 6.45) is -0.350. The highest BCUT2D eigenvalue weighted by atomic mass is 16.5. The highest BCUT2D eigenvalue weighted by molar-refractivity contribution is 5.98. The number of aromatic nitrogens is 1. The maximum absolute atomic E-state index is 13.5. The predicted molar refractivity (Wildman–Crippen MR) is 150 cm³/mol. The first kappa shape index (κ1) is 26.8. The Morgan fingerprint density at radius 2 is 1.95 bits per heavy atom. The average Bonchev–Trinajstić information content (AvgIpc) is 3.43. The van der Waals surface area contributed by atoms with E-state index < -0.39 is 29.9 Å². The minimum atomic E-state index is -1.29. The third-order valence-electron chi connectivity index (χ3n) is 8.63. The normalized spacial score (nSPS) is 29.1. The van der Waals surface area contributed by atoms with Crippen LogP contribution in [0.2, 0.25) is 0 Å². The molecule has 4 aliphatic heterocycles. The standard InChI is InChI=1S/C28H35N9O4/c1-14-6-4-9-17(32-14)24(40)31-12-18-21-28(36-25(29)35-21)22(38)19(13-37(28)26(30)34-18)33-23(39)15-7-5-8-16-20(15)41-11-10-27(16,2)3/h4-9,18-19,21-22,38H,10-13H2,1-3H3,(H2,30,34)(H,31,40)(H,33,39)(H3,29,35,36)/t18-,19?,21-,22+,28?/m0/s1. The molecule has 0 aliphatic carbocycles. The van der Waals surface area contributed by atoms with E-state index in [-0.39, 0.29) is 47.9 Å². The number of pyridine rings is 1. The first-order valence-electron chi connectivity index (χ1n) is 13.7. The Morgan fingerprint density at radius 3 is 2.73 bits per heavy atom. The smallest absolute Gasteiger partial charge is 0.269 e. The summed E-state index contributed by atoms with van der Waals surface area (Å²) in [5.74, 6) is -0.207. The van der Waals surface area contributed by atoms with Crippen molar-refractivity contribution in [3.05, 3.63) is 58.9 Å². The molecule has 2 aromatic rings. The number of aryl methyl sites for hydroxylation is 1. The van der Waals surface area contributed by atoms with E-state index in [1.165, 1.54) is 0 Å². The molecule has 216 valence electrons. The van der Waals surface area contributed by atoms with E-state index >= 15 is 0 Å². The van der Waals surface area contributed by atoms with E-state index in [2.05, 4.69) is 45.4 Å². The fraction of sp³-hybridized carbons (Fsp3) is 0.464. The fourth-order valence-corrected chi connectivity index (χ4v) is 6.46. The lowest BCUT2D eigenvalue weighted by Crippen LogP contribution is -2.78. The van der Waals surface area contributed by atoms with Crippen molar-refractivity contribution in [1.29, 1.82) is 10.8 Å². The molecular formula is C28H35N9O4. The molecule has 0 bridgehead atoms. The van der Waals surface area contributed by atoms with E-state index in [0.29, 0.717) is 23.6 Å². The lowest BCUT2D eigenvalue weighted by molar-refractivity contribution is 0.00611. The molecular weight excluding hydrogens is 526 g/mol. The topological polar surface area (TPSA) is 188 Å². The summed E-state index contributed by atoms with van der Waals surface area (Å²) in [7, 11) is 0. The highest BCUT2D eigenvalue weighted by Gasteiger charge is 2.66. The molecule has 1 aromatic carbocycles. The number of fused-ring (bicyclic) bond motifs is 1. The molecule has 3 saturated heterocycles. The van der Waals surface area contributed by atoms with Crippen molar-refractivity contribution in [2.75, 3.05) is 19.7 Å². The molecule has 13 nitrogen and oxygen atoms in total. The molecule has 5 heterocycles. The number of hydrogen-bond donors (Lipinski definition) is 8. The number of carbonyl (C=O) groups excluding carboxylic acids is 2. The third-order valence-corrected chi connectivity index (χ3v) is 8.63. The number of rotatable bonds is 5. The number of para-hydroxylation sites is 1. The van der Waals surface area contributed by atoms with Crippen molar-refractivity contribution in [2.24, 2.45) is 0 Å². The van der Waals surface area contributed by atoms with E-state index in [1.807, 2.05) is 12.1 Å². The fourth-order valence-electron chi connectivity index (χ4n) is 6.46. The minimum absolute atomic E-state index is 0.0103. The van der Waals surface area contributed by atoms with Crippen molar-refractivity contribution in [1.82, 2.24) is 36.5 Å². The molecule has 3 fully saturated rings. The summed E-state index contributed by atoms with van der Waals surface area (Å²) in [6.45, 7) is 6.79. The van der Waals surface area contributed by atoms with Crippen LogP contribution in [-0.2, 0) is 5.41 Å². The van der Waals surface area contributed by atoms with Gasteiger partial charge in [0, 0.05) is 24.3 Å². The number of nitrogens with zero attached hydrogens (tertiary/aromatic N) is 2. The number of benzene rings is 1. The molecule has 2 unspecified atom stereocenters. The van der Waals surface area contributed by atoms with Crippen molar-refractivity contribution in [2.45, 2.75) is 62.5 Å².